The van der Waals surface area contributed by atoms with Gasteiger partial charge in [-0.15, -0.1) is 10.2 Å². The minimum absolute atomic E-state index is 0.759. The molecule has 7 heteroatoms. The van der Waals surface area contributed by atoms with Crippen molar-refractivity contribution in [3.05, 3.63) is 97.1 Å². The summed E-state index contributed by atoms with van der Waals surface area (Å²) in [6, 6.07) is 31.9. The number of benzene rings is 4. The number of rotatable bonds is 2. The summed E-state index contributed by atoms with van der Waals surface area (Å²) in [5, 5.41) is 10.7. The average Bonchev–Trinajstić information content (AvgIpc) is 3.35. The molecule has 2 aliphatic heterocycles. The molecule has 0 N–H and O–H groups in total. The molecule has 2 aliphatic rings. The Morgan fingerprint density at radius 2 is 0.758 bits per heavy atom. The highest BCUT2D eigenvalue weighted by Crippen LogP contribution is 2.54. The van der Waals surface area contributed by atoms with Crippen LogP contribution in [0.5, 0.6) is 23.0 Å². The van der Waals surface area contributed by atoms with E-state index in [1.165, 1.54) is 11.3 Å². The Morgan fingerprint density at radius 1 is 0.455 bits per heavy atom. The SMILES string of the molecule is c1ccc2c(c1)Oc1ccccc1N2c1nnc(N2c3ccccc3Oc3ccccc32)s1. The van der Waals surface area contributed by atoms with Crippen LogP contribution in [0.15, 0.2) is 97.1 Å². The Kier molecular flexibility index (Phi) is 3.91. The fourth-order valence-electron chi connectivity index (χ4n) is 4.21. The predicted molar refractivity (Wildman–Crippen MR) is 129 cm³/mol. The molecule has 4 aromatic carbocycles. The third-order valence-electron chi connectivity index (χ3n) is 5.65. The van der Waals surface area contributed by atoms with E-state index in [1.54, 1.807) is 0 Å². The second-order valence-electron chi connectivity index (χ2n) is 7.61. The molecule has 158 valence electrons. The molecule has 3 heterocycles. The molecule has 7 rings (SSSR count). The lowest BCUT2D eigenvalue weighted by Gasteiger charge is -2.31. The summed E-state index contributed by atoms with van der Waals surface area (Å²) in [5.41, 5.74) is 3.73. The fraction of sp³-hybridized carbons (Fsp3) is 0. The van der Waals surface area contributed by atoms with E-state index in [4.69, 9.17) is 9.47 Å². The molecule has 0 amide bonds. The Hall–Kier alpha value is -4.36. The molecule has 0 aliphatic carbocycles. The van der Waals surface area contributed by atoms with E-state index in [0.29, 0.717) is 0 Å². The smallest absolute Gasteiger partial charge is 0.219 e. The maximum Gasteiger partial charge on any atom is 0.219 e. The molecule has 6 nitrogen and oxygen atoms in total. The zero-order chi connectivity index (χ0) is 21.8. The largest absolute Gasteiger partial charge is 0.453 e. The lowest BCUT2D eigenvalue weighted by molar-refractivity contribution is 0.476. The molecular formula is C26H16N4O2S. The number of aromatic nitrogens is 2. The van der Waals surface area contributed by atoms with E-state index in [2.05, 4.69) is 20.0 Å². The lowest BCUT2D eigenvalue weighted by atomic mass is 10.2. The summed E-state index contributed by atoms with van der Waals surface area (Å²) < 4.78 is 12.3. The number of nitrogens with zero attached hydrogens (tertiary/aromatic N) is 4. The van der Waals surface area contributed by atoms with Crippen LogP contribution in [-0.2, 0) is 0 Å². The summed E-state index contributed by atoms with van der Waals surface area (Å²) in [4.78, 5) is 4.21. The number of ether oxygens (including phenoxy) is 2. The van der Waals surface area contributed by atoms with Crippen molar-refractivity contribution in [3.8, 4) is 23.0 Å². The first-order chi connectivity index (χ1) is 16.4. The maximum absolute atomic E-state index is 6.13. The molecule has 0 spiro atoms. The quantitative estimate of drug-likeness (QED) is 0.270. The molecule has 5 aromatic rings. The van der Waals surface area contributed by atoms with Crippen LogP contribution in [0.25, 0.3) is 0 Å². The average molecular weight is 449 g/mol. The Morgan fingerprint density at radius 3 is 1.09 bits per heavy atom. The van der Waals surface area contributed by atoms with Gasteiger partial charge in [0.1, 0.15) is 0 Å². The molecule has 0 saturated carbocycles. The van der Waals surface area contributed by atoms with Crippen molar-refractivity contribution < 1.29 is 9.47 Å². The van der Waals surface area contributed by atoms with Crippen molar-refractivity contribution in [1.29, 1.82) is 0 Å². The Bertz CT molecular complexity index is 1310. The van der Waals surface area contributed by atoms with Gasteiger partial charge in [-0.05, 0) is 48.5 Å². The number of hydrogen-bond acceptors (Lipinski definition) is 7. The number of anilines is 6. The van der Waals surface area contributed by atoms with Gasteiger partial charge in [0.2, 0.25) is 10.3 Å². The summed E-state index contributed by atoms with van der Waals surface area (Å²) in [7, 11) is 0. The summed E-state index contributed by atoms with van der Waals surface area (Å²) in [6.45, 7) is 0. The highest BCUT2D eigenvalue weighted by molar-refractivity contribution is 7.19. The first-order valence-corrected chi connectivity index (χ1v) is 11.3. The lowest BCUT2D eigenvalue weighted by Crippen LogP contribution is -2.15. The van der Waals surface area contributed by atoms with Crippen LogP contribution in [0.4, 0.5) is 33.0 Å². The topological polar surface area (TPSA) is 50.7 Å². The second kappa shape index (κ2) is 7.08. The van der Waals surface area contributed by atoms with Crippen LogP contribution in [-0.4, -0.2) is 10.2 Å². The predicted octanol–water partition coefficient (Wildman–Crippen LogP) is 7.69. The molecule has 0 saturated heterocycles. The van der Waals surface area contributed by atoms with E-state index in [1.807, 2.05) is 97.1 Å². The van der Waals surface area contributed by atoms with E-state index < -0.39 is 0 Å². The molecule has 1 aromatic heterocycles. The summed E-state index contributed by atoms with van der Waals surface area (Å²) in [5.74, 6) is 3.15. The molecular weight excluding hydrogens is 432 g/mol. The van der Waals surface area contributed by atoms with Crippen LogP contribution >= 0.6 is 11.3 Å². The molecule has 0 atom stereocenters. The summed E-state index contributed by atoms with van der Waals surface area (Å²) >= 11 is 1.52. The zero-order valence-corrected chi connectivity index (χ0v) is 18.1. The second-order valence-corrected chi connectivity index (χ2v) is 8.55. The van der Waals surface area contributed by atoms with Gasteiger partial charge in [0.25, 0.3) is 0 Å². The fourth-order valence-corrected chi connectivity index (χ4v) is 5.11. The monoisotopic (exact) mass is 448 g/mol. The van der Waals surface area contributed by atoms with Crippen molar-refractivity contribution in [3.63, 3.8) is 0 Å². The molecule has 0 bridgehead atoms. The van der Waals surface area contributed by atoms with E-state index >= 15 is 0 Å². The maximum atomic E-state index is 6.13. The molecule has 0 unspecified atom stereocenters. The van der Waals surface area contributed by atoms with Gasteiger partial charge in [-0.3, -0.25) is 9.80 Å². The number of fused-ring (bicyclic) bond motifs is 4. The van der Waals surface area contributed by atoms with Crippen LogP contribution in [0, 0.1) is 0 Å². The van der Waals surface area contributed by atoms with Crippen molar-refractivity contribution in [2.24, 2.45) is 0 Å². The van der Waals surface area contributed by atoms with Crippen LogP contribution in [0.1, 0.15) is 0 Å². The van der Waals surface area contributed by atoms with Gasteiger partial charge in [-0.25, -0.2) is 0 Å². The van der Waals surface area contributed by atoms with Crippen molar-refractivity contribution in [1.82, 2.24) is 10.2 Å². The van der Waals surface area contributed by atoms with E-state index in [-0.39, 0.29) is 0 Å². The Balaban J connectivity index is 1.39. The van der Waals surface area contributed by atoms with Crippen molar-refractivity contribution in [2.75, 3.05) is 9.80 Å². The van der Waals surface area contributed by atoms with Crippen molar-refractivity contribution in [2.45, 2.75) is 0 Å². The highest BCUT2D eigenvalue weighted by Gasteiger charge is 2.31. The van der Waals surface area contributed by atoms with Gasteiger partial charge in [0.05, 0.1) is 22.7 Å². The Labute approximate surface area is 193 Å². The third-order valence-corrected chi connectivity index (χ3v) is 6.54. The number of hydrogen-bond donors (Lipinski definition) is 0. The molecule has 0 fully saturated rings. The van der Waals surface area contributed by atoms with Gasteiger partial charge in [-0.1, -0.05) is 59.9 Å². The van der Waals surface area contributed by atoms with E-state index in [0.717, 1.165) is 56.0 Å². The minimum atomic E-state index is 0.759. The number of para-hydroxylation sites is 8. The van der Waals surface area contributed by atoms with E-state index in [9.17, 15) is 0 Å². The van der Waals surface area contributed by atoms with Crippen LogP contribution < -0.4 is 19.3 Å². The standard InChI is InChI=1S/C26H16N4O2S/c1-5-13-21-17(9-1)29(18-10-2-6-14-22(18)31-21)25-27-28-26(33-25)30-19-11-3-7-15-23(19)32-24-16-8-4-12-20(24)30/h1-16H. The first-order valence-electron chi connectivity index (χ1n) is 10.5. The van der Waals surface area contributed by atoms with Crippen LogP contribution in [0.2, 0.25) is 0 Å². The normalized spacial score (nSPS) is 13.2. The molecule has 0 radical (unpaired) electrons. The van der Waals surface area contributed by atoms with Gasteiger partial charge in [0, 0.05) is 0 Å². The van der Waals surface area contributed by atoms with Crippen LogP contribution in [0.3, 0.4) is 0 Å². The zero-order valence-electron chi connectivity index (χ0n) is 17.3. The molecule has 33 heavy (non-hydrogen) atoms. The van der Waals surface area contributed by atoms with Gasteiger partial charge < -0.3 is 9.47 Å². The van der Waals surface area contributed by atoms with Gasteiger partial charge >= 0.3 is 0 Å². The van der Waals surface area contributed by atoms with Gasteiger partial charge in [0.15, 0.2) is 23.0 Å². The highest BCUT2D eigenvalue weighted by atomic mass is 32.1. The minimum Gasteiger partial charge on any atom is -0.453 e. The van der Waals surface area contributed by atoms with Gasteiger partial charge in [-0.2, -0.15) is 0 Å². The summed E-state index contributed by atoms with van der Waals surface area (Å²) in [6.07, 6.45) is 0. The third kappa shape index (κ3) is 2.79. The van der Waals surface area contributed by atoms with Crippen molar-refractivity contribution >= 4 is 44.3 Å². The first kappa shape index (κ1) is 18.2.